The Morgan fingerprint density at radius 3 is 2.22 bits per heavy atom. The van der Waals surface area contributed by atoms with Crippen molar-refractivity contribution in [1.82, 2.24) is 14.9 Å². The van der Waals surface area contributed by atoms with Crippen LogP contribution >= 0.6 is 23.4 Å². The maximum atomic E-state index is 13.3. The summed E-state index contributed by atoms with van der Waals surface area (Å²) in [5.41, 5.74) is 3.67. The van der Waals surface area contributed by atoms with Gasteiger partial charge in [-0.25, -0.2) is 13.1 Å². The minimum atomic E-state index is -4.65. The van der Waals surface area contributed by atoms with Crippen LogP contribution in [-0.2, 0) is 30.8 Å². The first-order valence-electron chi connectivity index (χ1n) is 14.6. The minimum Gasteiger partial charge on any atom is -0.342 e. The molecule has 0 spiro atoms. The van der Waals surface area contributed by atoms with Crippen LogP contribution in [0.5, 0.6) is 0 Å². The van der Waals surface area contributed by atoms with Gasteiger partial charge in [0.25, 0.3) is 32.8 Å². The van der Waals surface area contributed by atoms with Gasteiger partial charge in [0.2, 0.25) is 5.91 Å². The Morgan fingerprint density at radius 1 is 0.959 bits per heavy atom. The van der Waals surface area contributed by atoms with Crippen LogP contribution in [0.1, 0.15) is 16.7 Å². The highest BCUT2D eigenvalue weighted by molar-refractivity contribution is 8.18. The molecule has 0 radical (unpaired) electrons. The molecular formula is C34H27ClN4O8S2. The Hall–Kier alpha value is -5.31. The number of amides is 4. The van der Waals surface area contributed by atoms with E-state index in [1.807, 2.05) is 48.0 Å². The summed E-state index contributed by atoms with van der Waals surface area (Å²) in [6.07, 6.45) is 1.38. The van der Waals surface area contributed by atoms with Gasteiger partial charge in [-0.05, 0) is 59.1 Å². The van der Waals surface area contributed by atoms with E-state index in [2.05, 4.69) is 5.32 Å². The zero-order chi connectivity index (χ0) is 35.3. The number of carbonyl (C=O) groups excluding carboxylic acids is 4. The maximum Gasteiger partial charge on any atom is 0.294 e. The molecule has 0 saturated carbocycles. The molecular weight excluding hydrogens is 692 g/mol. The lowest BCUT2D eigenvalue weighted by molar-refractivity contribution is -0.384. The quantitative estimate of drug-likeness (QED) is 0.115. The zero-order valence-electron chi connectivity index (χ0n) is 25.7. The first-order valence-corrected chi connectivity index (χ1v) is 17.2. The van der Waals surface area contributed by atoms with E-state index in [1.54, 1.807) is 48.5 Å². The minimum absolute atomic E-state index is 0.0996. The van der Waals surface area contributed by atoms with Crippen molar-refractivity contribution in [2.24, 2.45) is 0 Å². The van der Waals surface area contributed by atoms with E-state index in [9.17, 15) is 37.7 Å². The highest BCUT2D eigenvalue weighted by Crippen LogP contribution is 2.32. The van der Waals surface area contributed by atoms with Gasteiger partial charge < -0.3 is 5.32 Å². The summed E-state index contributed by atoms with van der Waals surface area (Å²) in [6.45, 7) is 1.27. The first kappa shape index (κ1) is 35.0. The number of halogens is 1. The molecule has 250 valence electrons. The van der Waals surface area contributed by atoms with Crippen molar-refractivity contribution < 1.29 is 32.5 Å². The Labute approximate surface area is 290 Å². The Bertz CT molecular complexity index is 2090. The monoisotopic (exact) mass is 718 g/mol. The number of carbonyl (C=O) groups is 4. The molecule has 1 atom stereocenters. The van der Waals surface area contributed by atoms with Gasteiger partial charge in [0.15, 0.2) is 0 Å². The summed E-state index contributed by atoms with van der Waals surface area (Å²) in [7, 11) is -4.65. The second kappa shape index (κ2) is 14.8. The molecule has 1 aliphatic heterocycles. The summed E-state index contributed by atoms with van der Waals surface area (Å²) in [4.78, 5) is 63.0. The summed E-state index contributed by atoms with van der Waals surface area (Å²) in [6, 6.07) is 25.0. The lowest BCUT2D eigenvalue weighted by atomic mass is 10.0. The highest BCUT2D eigenvalue weighted by atomic mass is 35.5. The number of thioether (sulfide) groups is 1. The first-order chi connectivity index (χ1) is 23.3. The molecule has 0 bridgehead atoms. The highest BCUT2D eigenvalue weighted by Gasteiger charge is 2.37. The van der Waals surface area contributed by atoms with Crippen LogP contribution in [0.4, 0.5) is 10.5 Å². The Kier molecular flexibility index (Phi) is 10.6. The van der Waals surface area contributed by atoms with E-state index < -0.39 is 61.1 Å². The number of imide groups is 1. The van der Waals surface area contributed by atoms with Crippen molar-refractivity contribution in [1.29, 1.82) is 0 Å². The van der Waals surface area contributed by atoms with E-state index in [-0.39, 0.29) is 16.3 Å². The number of hydrogen-bond acceptors (Lipinski definition) is 9. The van der Waals surface area contributed by atoms with E-state index in [1.165, 1.54) is 0 Å². The lowest BCUT2D eigenvalue weighted by Crippen LogP contribution is -2.52. The Morgan fingerprint density at radius 2 is 1.59 bits per heavy atom. The number of nitro groups is 1. The van der Waals surface area contributed by atoms with Gasteiger partial charge in [0.05, 0.1) is 14.7 Å². The molecule has 1 heterocycles. The SMILES string of the molecule is Cc1ccc(-c2ccc(C=C3SC(=O)N(CC(=O)N[C@@H](Cc4ccccc4)C(=O)NS(=O)(=O)c4ccc(Cl)c([N+](=O)[O-])c4)C3=O)cc2)cc1. The largest absolute Gasteiger partial charge is 0.342 e. The summed E-state index contributed by atoms with van der Waals surface area (Å²) >= 11 is 6.45. The molecule has 4 aromatic rings. The molecule has 4 aromatic carbocycles. The van der Waals surface area contributed by atoms with E-state index in [0.717, 1.165) is 33.7 Å². The molecule has 15 heteroatoms. The van der Waals surface area contributed by atoms with Crippen molar-refractivity contribution in [2.45, 2.75) is 24.3 Å². The van der Waals surface area contributed by atoms with Gasteiger partial charge >= 0.3 is 0 Å². The number of hydrogen-bond donors (Lipinski definition) is 2. The molecule has 1 saturated heterocycles. The van der Waals surface area contributed by atoms with E-state index in [4.69, 9.17) is 11.6 Å². The second-order valence-corrected chi connectivity index (χ2v) is 14.0. The van der Waals surface area contributed by atoms with Gasteiger partial charge in [-0.2, -0.15) is 0 Å². The molecule has 0 aromatic heterocycles. The van der Waals surface area contributed by atoms with Gasteiger partial charge in [0.1, 0.15) is 17.6 Å². The molecule has 0 unspecified atom stereocenters. The zero-order valence-corrected chi connectivity index (χ0v) is 28.1. The summed E-state index contributed by atoms with van der Waals surface area (Å²) < 4.78 is 27.9. The van der Waals surface area contributed by atoms with Crippen LogP contribution in [0, 0.1) is 17.0 Å². The molecule has 2 N–H and O–H groups in total. The number of sulfonamides is 1. The topological polar surface area (TPSA) is 173 Å². The van der Waals surface area contributed by atoms with Gasteiger partial charge in [-0.3, -0.25) is 34.2 Å². The second-order valence-electron chi connectivity index (χ2n) is 10.9. The predicted molar refractivity (Wildman–Crippen MR) is 185 cm³/mol. The molecule has 12 nitrogen and oxygen atoms in total. The third-order valence-corrected chi connectivity index (χ3v) is 9.93. The maximum absolute atomic E-state index is 13.3. The number of nitrogens with one attached hydrogen (secondary N) is 2. The number of nitrogens with zero attached hydrogens (tertiary/aromatic N) is 2. The number of nitro benzene ring substituents is 1. The molecule has 49 heavy (non-hydrogen) atoms. The fourth-order valence-corrected chi connectivity index (χ4v) is 6.87. The van der Waals surface area contributed by atoms with Crippen molar-refractivity contribution in [3.05, 3.63) is 134 Å². The molecule has 5 rings (SSSR count). The number of aryl methyl sites for hydroxylation is 1. The van der Waals surface area contributed by atoms with Crippen molar-refractivity contribution in [2.75, 3.05) is 6.54 Å². The molecule has 0 aliphatic carbocycles. The average molecular weight is 719 g/mol. The van der Waals surface area contributed by atoms with Crippen molar-refractivity contribution in [3.63, 3.8) is 0 Å². The lowest BCUT2D eigenvalue weighted by Gasteiger charge is -2.20. The van der Waals surface area contributed by atoms with Crippen LogP contribution in [0.15, 0.2) is 107 Å². The Balaban J connectivity index is 1.29. The fourth-order valence-electron chi connectivity index (χ4n) is 4.81. The van der Waals surface area contributed by atoms with Crippen LogP contribution in [-0.4, -0.2) is 53.8 Å². The van der Waals surface area contributed by atoms with Crippen LogP contribution in [0.3, 0.4) is 0 Å². The third kappa shape index (κ3) is 8.59. The number of benzene rings is 4. The fraction of sp³-hybridized carbons (Fsp3) is 0.118. The van der Waals surface area contributed by atoms with Gasteiger partial charge in [-0.15, -0.1) is 0 Å². The average Bonchev–Trinajstić information content (AvgIpc) is 3.32. The molecule has 1 fully saturated rings. The van der Waals surface area contributed by atoms with Crippen molar-refractivity contribution in [3.8, 4) is 11.1 Å². The summed E-state index contributed by atoms with van der Waals surface area (Å²) in [5, 5.41) is 12.7. The standard InChI is InChI=1S/C34H27ClN4O8S2/c1-21-7-11-24(12-8-21)25-13-9-23(10-14-25)18-30-33(42)38(34(43)48-30)20-31(40)36-28(17-22-5-3-2-4-6-22)32(41)37-49(46,47)26-15-16-27(35)29(19-26)39(44)45/h2-16,18-19,28H,17,20H2,1H3,(H,36,40)(H,37,41)/t28-/m0/s1. The van der Waals surface area contributed by atoms with Crippen LogP contribution in [0.2, 0.25) is 5.02 Å². The van der Waals surface area contributed by atoms with E-state index in [0.29, 0.717) is 29.0 Å². The van der Waals surface area contributed by atoms with Crippen molar-refractivity contribution >= 4 is 68.1 Å². The van der Waals surface area contributed by atoms with Crippen LogP contribution < -0.4 is 10.0 Å². The predicted octanol–water partition coefficient (Wildman–Crippen LogP) is 5.49. The van der Waals surface area contributed by atoms with Crippen LogP contribution in [0.25, 0.3) is 17.2 Å². The van der Waals surface area contributed by atoms with E-state index >= 15 is 0 Å². The number of rotatable bonds is 11. The van der Waals surface area contributed by atoms with Gasteiger partial charge in [-0.1, -0.05) is 96.0 Å². The smallest absolute Gasteiger partial charge is 0.294 e. The molecule has 4 amide bonds. The van der Waals surface area contributed by atoms with Gasteiger partial charge in [0, 0.05) is 12.5 Å². The molecule has 1 aliphatic rings. The third-order valence-electron chi connectivity index (χ3n) is 7.36. The summed E-state index contributed by atoms with van der Waals surface area (Å²) in [5.74, 6) is -2.76. The normalized spacial score (nSPS) is 14.5.